The topological polar surface area (TPSA) is 89.6 Å². The van der Waals surface area contributed by atoms with Crippen molar-refractivity contribution in [3.05, 3.63) is 70.8 Å². The molecule has 0 fully saturated rings. The lowest BCUT2D eigenvalue weighted by molar-refractivity contribution is 0.0599. The van der Waals surface area contributed by atoms with Crippen LogP contribution in [0.5, 0.6) is 0 Å². The average molecular weight is 299 g/mol. The van der Waals surface area contributed by atoms with Crippen LogP contribution in [-0.2, 0) is 11.2 Å². The molecule has 22 heavy (non-hydrogen) atoms. The molecule has 1 unspecified atom stereocenters. The van der Waals surface area contributed by atoms with Gasteiger partial charge in [-0.15, -0.1) is 0 Å². The lowest BCUT2D eigenvalue weighted by atomic mass is 9.98. The van der Waals surface area contributed by atoms with Gasteiger partial charge in [0.05, 0.1) is 18.2 Å². The van der Waals surface area contributed by atoms with Gasteiger partial charge >= 0.3 is 11.9 Å². The number of ether oxygens (including phenoxy) is 1. The fourth-order valence-corrected chi connectivity index (χ4v) is 2.14. The van der Waals surface area contributed by atoms with E-state index in [1.165, 1.54) is 19.2 Å². The summed E-state index contributed by atoms with van der Waals surface area (Å²) in [4.78, 5) is 22.2. The third kappa shape index (κ3) is 3.71. The van der Waals surface area contributed by atoms with Crippen LogP contribution >= 0.6 is 0 Å². The van der Waals surface area contributed by atoms with Crippen LogP contribution in [0.2, 0.25) is 0 Å². The van der Waals surface area contributed by atoms with Crippen molar-refractivity contribution in [3.8, 4) is 0 Å². The van der Waals surface area contributed by atoms with Crippen LogP contribution < -0.4 is 5.73 Å². The second-order valence-electron chi connectivity index (χ2n) is 4.93. The van der Waals surface area contributed by atoms with Gasteiger partial charge in [-0.3, -0.25) is 0 Å². The van der Waals surface area contributed by atoms with Crippen LogP contribution in [0, 0.1) is 0 Å². The minimum Gasteiger partial charge on any atom is -0.478 e. The fourth-order valence-electron chi connectivity index (χ4n) is 2.14. The van der Waals surface area contributed by atoms with Crippen molar-refractivity contribution in [2.75, 3.05) is 7.11 Å². The van der Waals surface area contributed by atoms with Crippen molar-refractivity contribution in [1.82, 2.24) is 0 Å². The number of carbonyl (C=O) groups excluding carboxylic acids is 1. The van der Waals surface area contributed by atoms with Gasteiger partial charge in [-0.2, -0.15) is 0 Å². The van der Waals surface area contributed by atoms with Gasteiger partial charge < -0.3 is 15.6 Å². The minimum atomic E-state index is -0.960. The van der Waals surface area contributed by atoms with Gasteiger partial charge in [0.1, 0.15) is 0 Å². The van der Waals surface area contributed by atoms with Crippen molar-refractivity contribution < 1.29 is 19.4 Å². The van der Waals surface area contributed by atoms with Gasteiger partial charge in [-0.1, -0.05) is 24.3 Å². The van der Waals surface area contributed by atoms with Crippen LogP contribution in [0.1, 0.15) is 37.9 Å². The number of hydrogen-bond donors (Lipinski definition) is 2. The molecule has 2 aromatic rings. The Morgan fingerprint density at radius 2 is 1.59 bits per heavy atom. The van der Waals surface area contributed by atoms with Crippen molar-refractivity contribution in [2.45, 2.75) is 12.5 Å². The third-order valence-electron chi connectivity index (χ3n) is 3.42. The van der Waals surface area contributed by atoms with Gasteiger partial charge in [0.2, 0.25) is 0 Å². The summed E-state index contributed by atoms with van der Waals surface area (Å²) in [7, 11) is 1.34. The first-order chi connectivity index (χ1) is 10.5. The highest BCUT2D eigenvalue weighted by molar-refractivity contribution is 5.89. The Labute approximate surface area is 128 Å². The molecule has 5 nitrogen and oxygen atoms in total. The minimum absolute atomic E-state index is 0.235. The molecule has 0 saturated carbocycles. The first-order valence-corrected chi connectivity index (χ1v) is 6.77. The van der Waals surface area contributed by atoms with Crippen LogP contribution in [0.15, 0.2) is 48.5 Å². The standard InChI is InChI=1S/C17H17NO4/c1-22-17(21)14-4-2-11(3-5-14)10-15(18)12-6-8-13(9-7-12)16(19)20/h2-9,15H,10,18H2,1H3,(H,19,20). The molecule has 2 rings (SSSR count). The number of methoxy groups -OCH3 is 1. The molecule has 2 aromatic carbocycles. The maximum atomic E-state index is 11.4. The van der Waals surface area contributed by atoms with Crippen molar-refractivity contribution in [1.29, 1.82) is 0 Å². The SMILES string of the molecule is COC(=O)c1ccc(CC(N)c2ccc(C(=O)O)cc2)cc1. The first-order valence-electron chi connectivity index (χ1n) is 6.77. The maximum absolute atomic E-state index is 11.4. The second-order valence-corrected chi connectivity index (χ2v) is 4.93. The summed E-state index contributed by atoms with van der Waals surface area (Å²) in [5, 5.41) is 8.87. The number of carboxylic acid groups (broad SMARTS) is 1. The summed E-state index contributed by atoms with van der Waals surface area (Å²) in [6.07, 6.45) is 0.591. The number of aromatic carboxylic acids is 1. The molecule has 3 N–H and O–H groups in total. The van der Waals surface area contributed by atoms with Crippen molar-refractivity contribution in [2.24, 2.45) is 5.73 Å². The van der Waals surface area contributed by atoms with E-state index >= 15 is 0 Å². The highest BCUT2D eigenvalue weighted by atomic mass is 16.5. The quantitative estimate of drug-likeness (QED) is 0.827. The van der Waals surface area contributed by atoms with E-state index < -0.39 is 5.97 Å². The normalized spacial score (nSPS) is 11.7. The number of carboxylic acids is 1. The van der Waals surface area contributed by atoms with Gasteiger partial charge in [0, 0.05) is 6.04 Å². The Bertz CT molecular complexity index is 662. The zero-order valence-corrected chi connectivity index (χ0v) is 12.2. The molecule has 0 radical (unpaired) electrons. The fraction of sp³-hybridized carbons (Fsp3) is 0.176. The highest BCUT2D eigenvalue weighted by Gasteiger charge is 2.10. The molecule has 5 heteroatoms. The zero-order valence-electron chi connectivity index (χ0n) is 12.2. The molecule has 114 valence electrons. The van der Waals surface area contributed by atoms with E-state index in [1.807, 2.05) is 12.1 Å². The molecular weight excluding hydrogens is 282 g/mol. The summed E-state index contributed by atoms with van der Waals surface area (Å²) < 4.78 is 4.65. The highest BCUT2D eigenvalue weighted by Crippen LogP contribution is 2.17. The van der Waals surface area contributed by atoms with E-state index in [-0.39, 0.29) is 17.6 Å². The second kappa shape index (κ2) is 6.87. The third-order valence-corrected chi connectivity index (χ3v) is 3.42. The predicted octanol–water partition coefficient (Wildman–Crippen LogP) is 2.41. The monoisotopic (exact) mass is 299 g/mol. The molecule has 0 bridgehead atoms. The van der Waals surface area contributed by atoms with Gasteiger partial charge in [-0.05, 0) is 41.8 Å². The van der Waals surface area contributed by atoms with Gasteiger partial charge in [-0.25, -0.2) is 9.59 Å². The first kappa shape index (κ1) is 15.7. The zero-order chi connectivity index (χ0) is 16.1. The molecule has 0 aliphatic carbocycles. The lowest BCUT2D eigenvalue weighted by Gasteiger charge is -2.12. The van der Waals surface area contributed by atoms with E-state index in [9.17, 15) is 9.59 Å². The van der Waals surface area contributed by atoms with Gasteiger partial charge in [0.25, 0.3) is 0 Å². The lowest BCUT2D eigenvalue weighted by Crippen LogP contribution is -2.13. The van der Waals surface area contributed by atoms with Crippen molar-refractivity contribution >= 4 is 11.9 Å². The molecule has 1 atom stereocenters. The average Bonchev–Trinajstić information content (AvgIpc) is 2.54. The summed E-state index contributed by atoms with van der Waals surface area (Å²) in [6, 6.07) is 13.3. The molecule has 0 aliphatic heterocycles. The Kier molecular flexibility index (Phi) is 4.91. The Hall–Kier alpha value is -2.66. The number of esters is 1. The van der Waals surface area contributed by atoms with Crippen LogP contribution in [0.25, 0.3) is 0 Å². The molecule has 0 aromatic heterocycles. The number of rotatable bonds is 5. The largest absolute Gasteiger partial charge is 0.478 e. The number of nitrogens with two attached hydrogens (primary N) is 1. The smallest absolute Gasteiger partial charge is 0.337 e. The molecular formula is C17H17NO4. The van der Waals surface area contributed by atoms with Crippen LogP contribution in [0.4, 0.5) is 0 Å². The number of hydrogen-bond acceptors (Lipinski definition) is 4. The molecule has 0 amide bonds. The predicted molar refractivity (Wildman–Crippen MR) is 81.8 cm³/mol. The van der Waals surface area contributed by atoms with E-state index in [0.717, 1.165) is 11.1 Å². The van der Waals surface area contributed by atoms with E-state index in [2.05, 4.69) is 4.74 Å². The number of benzene rings is 2. The molecule has 0 saturated heterocycles. The Morgan fingerprint density at radius 1 is 1.05 bits per heavy atom. The van der Waals surface area contributed by atoms with E-state index in [1.54, 1.807) is 24.3 Å². The van der Waals surface area contributed by atoms with Crippen LogP contribution in [-0.4, -0.2) is 24.2 Å². The summed E-state index contributed by atoms with van der Waals surface area (Å²) in [5.74, 6) is -1.33. The number of carbonyl (C=O) groups is 2. The Morgan fingerprint density at radius 3 is 2.09 bits per heavy atom. The summed E-state index contributed by atoms with van der Waals surface area (Å²) in [5.41, 5.74) is 8.72. The van der Waals surface area contributed by atoms with Gasteiger partial charge in [0.15, 0.2) is 0 Å². The molecule has 0 spiro atoms. The Balaban J connectivity index is 2.06. The van der Waals surface area contributed by atoms with Crippen LogP contribution in [0.3, 0.4) is 0 Å². The van der Waals surface area contributed by atoms with E-state index in [4.69, 9.17) is 10.8 Å². The maximum Gasteiger partial charge on any atom is 0.337 e. The molecule has 0 aliphatic rings. The summed E-state index contributed by atoms with van der Waals surface area (Å²) >= 11 is 0. The summed E-state index contributed by atoms with van der Waals surface area (Å²) in [6.45, 7) is 0. The molecule has 0 heterocycles. The van der Waals surface area contributed by atoms with Crippen molar-refractivity contribution in [3.63, 3.8) is 0 Å². The van der Waals surface area contributed by atoms with E-state index in [0.29, 0.717) is 12.0 Å².